The lowest BCUT2D eigenvalue weighted by Crippen LogP contribution is -3.00. The molecule has 0 aliphatic carbocycles. The van der Waals surface area contributed by atoms with Crippen LogP contribution < -0.4 is 17.0 Å². The first-order valence-corrected chi connectivity index (χ1v) is 6.84. The Kier molecular flexibility index (Phi) is 5.35. The maximum Gasteiger partial charge on any atom is 0.133 e. The molecule has 0 saturated carbocycles. The van der Waals surface area contributed by atoms with Crippen LogP contribution in [0, 0.1) is 0 Å². The van der Waals surface area contributed by atoms with E-state index in [0.29, 0.717) is 10.9 Å². The third-order valence-corrected chi connectivity index (χ3v) is 5.08. The van der Waals surface area contributed by atoms with E-state index in [1.54, 1.807) is 0 Å². The Labute approximate surface area is 104 Å². The van der Waals surface area contributed by atoms with Gasteiger partial charge in [-0.25, -0.2) is 0 Å². The van der Waals surface area contributed by atoms with Gasteiger partial charge in [0.05, 0.1) is 0 Å². The molecule has 1 aromatic rings. The van der Waals surface area contributed by atoms with E-state index in [9.17, 15) is 0 Å². The van der Waals surface area contributed by atoms with E-state index >= 15 is 0 Å². The van der Waals surface area contributed by atoms with Gasteiger partial charge in [-0.05, 0) is 35.9 Å². The van der Waals surface area contributed by atoms with Crippen LogP contribution in [-0.2, 0) is 16.6 Å². The number of hydrogen-bond acceptors (Lipinski definition) is 0. The molecule has 0 nitrogen and oxygen atoms in total. The summed E-state index contributed by atoms with van der Waals surface area (Å²) in [6.45, 7) is 0. The van der Waals surface area contributed by atoms with E-state index in [0.717, 1.165) is 5.02 Å². The molecule has 2 rings (SSSR count). The maximum absolute atomic E-state index is 5.93. The number of halogens is 2. The van der Waals surface area contributed by atoms with Crippen molar-refractivity contribution in [3.63, 3.8) is 0 Å². The van der Waals surface area contributed by atoms with E-state index in [1.165, 1.54) is 35.7 Å². The molecule has 0 bridgehead atoms. The van der Waals surface area contributed by atoms with Crippen LogP contribution >= 0.6 is 11.6 Å². The van der Waals surface area contributed by atoms with Crippen molar-refractivity contribution < 1.29 is 17.0 Å². The monoisotopic (exact) mass is 292 g/mol. The summed E-state index contributed by atoms with van der Waals surface area (Å²) in [5.41, 5.74) is 1.41. The highest BCUT2D eigenvalue weighted by Gasteiger charge is 2.23. The van der Waals surface area contributed by atoms with Crippen molar-refractivity contribution in [3.05, 3.63) is 34.9 Å². The maximum atomic E-state index is 5.93. The Morgan fingerprint density at radius 2 is 1.93 bits per heavy atom. The van der Waals surface area contributed by atoms with Gasteiger partial charge in [-0.1, -0.05) is 23.7 Å². The number of hydrogen-bond donors (Lipinski definition) is 0. The smallest absolute Gasteiger partial charge is 0.133 e. The average molecular weight is 294 g/mol. The second-order valence-corrected chi connectivity index (χ2v) is 6.27. The topological polar surface area (TPSA) is 0 Å². The first kappa shape index (κ1) is 12.4. The summed E-state index contributed by atoms with van der Waals surface area (Å²) < 4.78 is 0. The molecule has 14 heavy (non-hydrogen) atoms. The predicted octanol–water partition coefficient (Wildman–Crippen LogP) is 0.256. The largest absolute Gasteiger partial charge is 1.00 e. The van der Waals surface area contributed by atoms with Crippen LogP contribution in [0.15, 0.2) is 24.3 Å². The van der Waals surface area contributed by atoms with Crippen LogP contribution in [0.1, 0.15) is 18.4 Å². The molecule has 78 valence electrons. The van der Waals surface area contributed by atoms with Crippen molar-refractivity contribution in [1.29, 1.82) is 0 Å². The van der Waals surface area contributed by atoms with E-state index in [4.69, 9.17) is 11.6 Å². The molecular weight excluding hydrogens is 280 g/mol. The molecule has 3 heteroatoms. The highest BCUT2D eigenvalue weighted by Crippen LogP contribution is 2.20. The van der Waals surface area contributed by atoms with Crippen molar-refractivity contribution in [3.8, 4) is 0 Å². The molecule has 0 spiro atoms. The minimum absolute atomic E-state index is 0. The highest BCUT2D eigenvalue weighted by atomic mass is 79.9. The van der Waals surface area contributed by atoms with Gasteiger partial charge in [-0.3, -0.25) is 0 Å². The lowest BCUT2D eigenvalue weighted by molar-refractivity contribution is -0.00000260. The molecule has 0 radical (unpaired) electrons. The summed E-state index contributed by atoms with van der Waals surface area (Å²) in [6.07, 6.45) is 2.87. The molecule has 1 aliphatic rings. The van der Waals surface area contributed by atoms with Crippen molar-refractivity contribution in [2.45, 2.75) is 18.6 Å². The summed E-state index contributed by atoms with van der Waals surface area (Å²) in [5, 5.41) is 0.875. The molecular formula is C11H14BrClS. The minimum atomic E-state index is 0. The first-order valence-electron chi connectivity index (χ1n) is 4.73. The van der Waals surface area contributed by atoms with Gasteiger partial charge in [-0.2, -0.15) is 0 Å². The fourth-order valence-corrected chi connectivity index (χ4v) is 4.30. The van der Waals surface area contributed by atoms with Crippen LogP contribution in [0.5, 0.6) is 0 Å². The molecule has 1 saturated heterocycles. The Hall–Kier alpha value is 0.340. The number of benzene rings is 1. The third kappa shape index (κ3) is 3.48. The third-order valence-electron chi connectivity index (χ3n) is 2.38. The molecule has 0 unspecified atom stereocenters. The van der Waals surface area contributed by atoms with Crippen LogP contribution in [0.4, 0.5) is 0 Å². The van der Waals surface area contributed by atoms with Gasteiger partial charge < -0.3 is 17.0 Å². The Morgan fingerprint density at radius 3 is 2.57 bits per heavy atom. The fourth-order valence-electron chi connectivity index (χ4n) is 1.72. The Bertz CT molecular complexity index is 284. The molecule has 1 fully saturated rings. The molecule has 0 atom stereocenters. The van der Waals surface area contributed by atoms with E-state index in [2.05, 4.69) is 18.2 Å². The zero-order valence-corrected chi connectivity index (χ0v) is 11.2. The molecule has 0 amide bonds. The Balaban J connectivity index is 0.000000980. The van der Waals surface area contributed by atoms with Gasteiger partial charge >= 0.3 is 0 Å². The zero-order valence-electron chi connectivity index (χ0n) is 8.01. The lowest BCUT2D eigenvalue weighted by atomic mass is 10.2. The summed E-state index contributed by atoms with van der Waals surface area (Å²) in [5.74, 6) is 4.12. The first-order chi connectivity index (χ1) is 6.34. The van der Waals surface area contributed by atoms with Crippen LogP contribution in [0.25, 0.3) is 0 Å². The van der Waals surface area contributed by atoms with Gasteiger partial charge in [0, 0.05) is 10.6 Å². The Morgan fingerprint density at radius 1 is 1.21 bits per heavy atom. The molecule has 1 aliphatic heterocycles. The summed E-state index contributed by atoms with van der Waals surface area (Å²) in [6, 6.07) is 8.30. The van der Waals surface area contributed by atoms with E-state index in [1.807, 2.05) is 6.07 Å². The van der Waals surface area contributed by atoms with Crippen molar-refractivity contribution >= 4 is 22.5 Å². The highest BCUT2D eigenvalue weighted by molar-refractivity contribution is 7.96. The van der Waals surface area contributed by atoms with E-state index < -0.39 is 0 Å². The number of rotatable bonds is 2. The molecule has 1 aromatic carbocycles. The normalized spacial score (nSPS) is 16.6. The lowest BCUT2D eigenvalue weighted by Gasteiger charge is -2.01. The fraction of sp³-hybridized carbons (Fsp3) is 0.455. The van der Waals surface area contributed by atoms with Crippen molar-refractivity contribution in [2.75, 3.05) is 11.5 Å². The molecule has 0 aromatic heterocycles. The van der Waals surface area contributed by atoms with Gasteiger partial charge in [0.1, 0.15) is 17.3 Å². The van der Waals surface area contributed by atoms with E-state index in [-0.39, 0.29) is 17.0 Å². The van der Waals surface area contributed by atoms with Crippen LogP contribution in [0.2, 0.25) is 5.02 Å². The minimum Gasteiger partial charge on any atom is -1.00 e. The standard InChI is InChI=1S/C11H14ClS.BrH/c12-11-5-3-4-10(8-11)9-13-6-1-2-7-13;/h3-5,8H,1-2,6-7,9H2;1H/q+1;/p-1. The van der Waals surface area contributed by atoms with Crippen molar-refractivity contribution in [2.24, 2.45) is 0 Å². The van der Waals surface area contributed by atoms with Crippen LogP contribution in [-0.4, -0.2) is 11.5 Å². The van der Waals surface area contributed by atoms with Gasteiger partial charge in [-0.15, -0.1) is 0 Å². The summed E-state index contributed by atoms with van der Waals surface area (Å²) >= 11 is 5.93. The summed E-state index contributed by atoms with van der Waals surface area (Å²) in [7, 11) is 0.655. The summed E-state index contributed by atoms with van der Waals surface area (Å²) in [4.78, 5) is 0. The molecule has 1 heterocycles. The SMILES string of the molecule is Clc1cccc(C[S+]2CCCC2)c1.[Br-]. The van der Waals surface area contributed by atoms with Gasteiger partial charge in [0.25, 0.3) is 0 Å². The second kappa shape index (κ2) is 6.04. The molecule has 0 N–H and O–H groups in total. The predicted molar refractivity (Wildman–Crippen MR) is 61.5 cm³/mol. The second-order valence-electron chi connectivity index (χ2n) is 3.50. The van der Waals surface area contributed by atoms with Crippen LogP contribution in [0.3, 0.4) is 0 Å². The zero-order chi connectivity index (χ0) is 9.10. The van der Waals surface area contributed by atoms with Gasteiger partial charge in [0.15, 0.2) is 0 Å². The average Bonchev–Trinajstić information content (AvgIpc) is 2.57. The quantitative estimate of drug-likeness (QED) is 0.686. The van der Waals surface area contributed by atoms with Crippen molar-refractivity contribution in [1.82, 2.24) is 0 Å². The van der Waals surface area contributed by atoms with Gasteiger partial charge in [0.2, 0.25) is 0 Å².